The predicted molar refractivity (Wildman–Crippen MR) is 56.6 cm³/mol. The molecule has 1 aromatic carbocycles. The van der Waals surface area contributed by atoms with E-state index in [4.69, 9.17) is 16.3 Å². The fourth-order valence-electron chi connectivity index (χ4n) is 1.20. The second-order valence-corrected chi connectivity index (χ2v) is 3.68. The van der Waals surface area contributed by atoms with Gasteiger partial charge in [0, 0.05) is 5.38 Å². The van der Waals surface area contributed by atoms with Gasteiger partial charge in [-0.1, -0.05) is 19.1 Å². The van der Waals surface area contributed by atoms with Crippen LogP contribution in [0.4, 0.5) is 0 Å². The first-order valence-electron chi connectivity index (χ1n) is 4.53. The molecule has 0 N–H and O–H groups in total. The van der Waals surface area contributed by atoms with Crippen LogP contribution in [-0.4, -0.2) is 12.5 Å². The summed E-state index contributed by atoms with van der Waals surface area (Å²) in [6.45, 7) is 2.10. The van der Waals surface area contributed by atoms with Crippen LogP contribution in [0.3, 0.4) is 0 Å². The largest absolute Gasteiger partial charge is 0.497 e. The number of hydrogen-bond acceptors (Lipinski definition) is 1. The van der Waals surface area contributed by atoms with Crippen molar-refractivity contribution in [1.29, 1.82) is 0 Å². The quantitative estimate of drug-likeness (QED) is 0.675. The Kier molecular flexibility index (Phi) is 4.10. The molecule has 2 heteroatoms. The van der Waals surface area contributed by atoms with Crippen molar-refractivity contribution in [3.63, 3.8) is 0 Å². The fourth-order valence-corrected chi connectivity index (χ4v) is 1.38. The molecule has 13 heavy (non-hydrogen) atoms. The molecule has 0 radical (unpaired) electrons. The van der Waals surface area contributed by atoms with Gasteiger partial charge in [-0.15, -0.1) is 11.6 Å². The first-order valence-corrected chi connectivity index (χ1v) is 4.97. The third-order valence-electron chi connectivity index (χ3n) is 2.03. The molecular formula is C11H15ClO. The highest BCUT2D eigenvalue weighted by atomic mass is 35.5. The monoisotopic (exact) mass is 198 g/mol. The van der Waals surface area contributed by atoms with Crippen LogP contribution in [-0.2, 0) is 6.42 Å². The van der Waals surface area contributed by atoms with Gasteiger partial charge in [-0.3, -0.25) is 0 Å². The summed E-state index contributed by atoms with van der Waals surface area (Å²) in [4.78, 5) is 0. The van der Waals surface area contributed by atoms with E-state index < -0.39 is 0 Å². The molecule has 0 amide bonds. The summed E-state index contributed by atoms with van der Waals surface area (Å²) in [5.41, 5.74) is 1.24. The van der Waals surface area contributed by atoms with Crippen molar-refractivity contribution in [2.24, 2.45) is 0 Å². The van der Waals surface area contributed by atoms with Crippen molar-refractivity contribution >= 4 is 11.6 Å². The number of hydrogen-bond donors (Lipinski definition) is 0. The van der Waals surface area contributed by atoms with Crippen LogP contribution in [0.5, 0.6) is 5.75 Å². The summed E-state index contributed by atoms with van der Waals surface area (Å²) in [6.07, 6.45) is 1.91. The van der Waals surface area contributed by atoms with Crippen LogP contribution in [0.25, 0.3) is 0 Å². The Morgan fingerprint density at radius 3 is 2.85 bits per heavy atom. The highest BCUT2D eigenvalue weighted by molar-refractivity contribution is 6.20. The number of ether oxygens (including phenoxy) is 1. The molecule has 0 bridgehead atoms. The lowest BCUT2D eigenvalue weighted by Gasteiger charge is -2.07. The van der Waals surface area contributed by atoms with E-state index in [1.165, 1.54) is 5.56 Å². The first kappa shape index (κ1) is 10.4. The minimum absolute atomic E-state index is 0.229. The van der Waals surface area contributed by atoms with E-state index in [-0.39, 0.29) is 5.38 Å². The third-order valence-corrected chi connectivity index (χ3v) is 2.50. The number of methoxy groups -OCH3 is 1. The Morgan fingerprint density at radius 2 is 2.23 bits per heavy atom. The van der Waals surface area contributed by atoms with Crippen molar-refractivity contribution < 1.29 is 4.74 Å². The van der Waals surface area contributed by atoms with E-state index in [1.807, 2.05) is 18.2 Å². The minimum Gasteiger partial charge on any atom is -0.497 e. The lowest BCUT2D eigenvalue weighted by Crippen LogP contribution is -2.01. The van der Waals surface area contributed by atoms with E-state index in [9.17, 15) is 0 Å². The second kappa shape index (κ2) is 5.13. The zero-order valence-corrected chi connectivity index (χ0v) is 8.84. The smallest absolute Gasteiger partial charge is 0.119 e. The van der Waals surface area contributed by atoms with E-state index in [0.29, 0.717) is 0 Å². The number of alkyl halides is 1. The topological polar surface area (TPSA) is 9.23 Å². The maximum Gasteiger partial charge on any atom is 0.119 e. The lowest BCUT2D eigenvalue weighted by molar-refractivity contribution is 0.414. The molecule has 0 aliphatic heterocycles. The molecule has 0 saturated heterocycles. The molecule has 0 aromatic heterocycles. The van der Waals surface area contributed by atoms with Gasteiger partial charge in [-0.25, -0.2) is 0 Å². The van der Waals surface area contributed by atoms with Crippen LogP contribution < -0.4 is 4.74 Å². The summed E-state index contributed by atoms with van der Waals surface area (Å²) in [7, 11) is 1.68. The molecule has 72 valence electrons. The summed E-state index contributed by atoms with van der Waals surface area (Å²) < 4.78 is 5.13. The number of halogens is 1. The summed E-state index contributed by atoms with van der Waals surface area (Å²) in [6, 6.07) is 8.05. The zero-order valence-electron chi connectivity index (χ0n) is 8.09. The van der Waals surface area contributed by atoms with Gasteiger partial charge >= 0.3 is 0 Å². The SMILES string of the molecule is CCC(Cl)Cc1cccc(OC)c1. The summed E-state index contributed by atoms with van der Waals surface area (Å²) in [5, 5.41) is 0.229. The maximum atomic E-state index is 6.05. The molecular weight excluding hydrogens is 184 g/mol. The molecule has 0 fully saturated rings. The fraction of sp³-hybridized carbons (Fsp3) is 0.455. The van der Waals surface area contributed by atoms with Gasteiger partial charge in [-0.05, 0) is 30.5 Å². The summed E-state index contributed by atoms with van der Waals surface area (Å²) in [5.74, 6) is 0.900. The van der Waals surface area contributed by atoms with Gasteiger partial charge in [0.2, 0.25) is 0 Å². The van der Waals surface area contributed by atoms with Crippen LogP contribution in [0.1, 0.15) is 18.9 Å². The lowest BCUT2D eigenvalue weighted by atomic mass is 10.1. The van der Waals surface area contributed by atoms with Gasteiger partial charge in [0.25, 0.3) is 0 Å². The highest BCUT2D eigenvalue weighted by Crippen LogP contribution is 2.16. The molecule has 1 unspecified atom stereocenters. The molecule has 0 spiro atoms. The third kappa shape index (κ3) is 3.27. The van der Waals surface area contributed by atoms with E-state index in [1.54, 1.807) is 7.11 Å². The minimum atomic E-state index is 0.229. The normalized spacial score (nSPS) is 12.5. The van der Waals surface area contributed by atoms with Crippen LogP contribution in [0, 0.1) is 0 Å². The second-order valence-electron chi connectivity index (χ2n) is 3.06. The molecule has 1 rings (SSSR count). The number of benzene rings is 1. The molecule has 0 heterocycles. The van der Waals surface area contributed by atoms with Gasteiger partial charge in [-0.2, -0.15) is 0 Å². The van der Waals surface area contributed by atoms with Crippen molar-refractivity contribution in [3.05, 3.63) is 29.8 Å². The number of rotatable bonds is 4. The molecule has 1 aromatic rings. The Labute approximate surface area is 84.7 Å². The summed E-state index contributed by atoms with van der Waals surface area (Å²) >= 11 is 6.05. The molecule has 0 aliphatic carbocycles. The highest BCUT2D eigenvalue weighted by Gasteiger charge is 2.03. The Morgan fingerprint density at radius 1 is 1.46 bits per heavy atom. The van der Waals surface area contributed by atoms with Crippen molar-refractivity contribution in [2.45, 2.75) is 25.1 Å². The Hall–Kier alpha value is -0.690. The molecule has 0 aliphatic rings. The molecule has 1 nitrogen and oxygen atoms in total. The van der Waals surface area contributed by atoms with Crippen molar-refractivity contribution in [3.8, 4) is 5.75 Å². The molecule has 0 saturated carbocycles. The van der Waals surface area contributed by atoms with Crippen molar-refractivity contribution in [2.75, 3.05) is 7.11 Å². The maximum absolute atomic E-state index is 6.05. The predicted octanol–water partition coefficient (Wildman–Crippen LogP) is 3.26. The van der Waals surface area contributed by atoms with Crippen LogP contribution in [0.2, 0.25) is 0 Å². The average Bonchev–Trinajstić information content (AvgIpc) is 2.18. The van der Waals surface area contributed by atoms with E-state index >= 15 is 0 Å². The van der Waals surface area contributed by atoms with Crippen molar-refractivity contribution in [1.82, 2.24) is 0 Å². The Balaban J connectivity index is 2.66. The standard InChI is InChI=1S/C11H15ClO/c1-3-10(12)7-9-5-4-6-11(8-9)13-2/h4-6,8,10H,3,7H2,1-2H3. The van der Waals surface area contributed by atoms with Gasteiger partial charge < -0.3 is 4.74 Å². The zero-order chi connectivity index (χ0) is 9.68. The van der Waals surface area contributed by atoms with E-state index in [0.717, 1.165) is 18.6 Å². The van der Waals surface area contributed by atoms with Crippen LogP contribution >= 0.6 is 11.6 Å². The van der Waals surface area contributed by atoms with Crippen LogP contribution in [0.15, 0.2) is 24.3 Å². The van der Waals surface area contributed by atoms with Gasteiger partial charge in [0.05, 0.1) is 7.11 Å². The Bertz CT molecular complexity index is 260. The van der Waals surface area contributed by atoms with Gasteiger partial charge in [0.15, 0.2) is 0 Å². The van der Waals surface area contributed by atoms with E-state index in [2.05, 4.69) is 13.0 Å². The average molecular weight is 199 g/mol. The molecule has 1 atom stereocenters. The first-order chi connectivity index (χ1) is 6.26. The van der Waals surface area contributed by atoms with Gasteiger partial charge in [0.1, 0.15) is 5.75 Å².